The molecule has 7 heteroatoms. The van der Waals surface area contributed by atoms with E-state index >= 15 is 0 Å². The van der Waals surface area contributed by atoms with Gasteiger partial charge in [0.15, 0.2) is 5.65 Å². The molecule has 33 heavy (non-hydrogen) atoms. The lowest BCUT2D eigenvalue weighted by atomic mass is 10.0. The van der Waals surface area contributed by atoms with Crippen LogP contribution in [0.2, 0.25) is 0 Å². The highest BCUT2D eigenvalue weighted by molar-refractivity contribution is 6.06. The van der Waals surface area contributed by atoms with E-state index in [0.717, 1.165) is 22.4 Å². The minimum atomic E-state index is -0.154. The van der Waals surface area contributed by atoms with Crippen molar-refractivity contribution in [2.24, 2.45) is 0 Å². The summed E-state index contributed by atoms with van der Waals surface area (Å²) in [5, 5.41) is 14.4. The maximum atomic E-state index is 13.8. The van der Waals surface area contributed by atoms with Crippen molar-refractivity contribution in [3.63, 3.8) is 0 Å². The van der Waals surface area contributed by atoms with Crippen LogP contribution in [-0.4, -0.2) is 37.1 Å². The van der Waals surface area contributed by atoms with Gasteiger partial charge in [-0.15, -0.1) is 0 Å². The van der Waals surface area contributed by atoms with Crippen LogP contribution in [0.25, 0.3) is 22.3 Å². The van der Waals surface area contributed by atoms with Crippen LogP contribution in [0.4, 0.5) is 0 Å². The lowest BCUT2D eigenvalue weighted by molar-refractivity contribution is 0.0748. The highest BCUT2D eigenvalue weighted by Crippen LogP contribution is 2.28. The standard InChI is InChI=1S/C26H26N6O/c1-18(2)32-25-23(16-29-32)22(14-24(30-25)21-9-7-19(3)8-10-21)26(33)31(13-5-11-27)17-20-6-4-12-28-15-20/h4,6-10,12,14-16,18H,5,13,17H2,1-3H3. The molecule has 0 bridgehead atoms. The molecule has 3 aromatic heterocycles. The molecule has 0 unspecified atom stereocenters. The molecule has 3 heterocycles. The van der Waals surface area contributed by atoms with E-state index < -0.39 is 0 Å². The number of aryl methyl sites for hydroxylation is 1. The minimum Gasteiger partial charge on any atom is -0.333 e. The lowest BCUT2D eigenvalue weighted by Crippen LogP contribution is -2.31. The molecule has 7 nitrogen and oxygen atoms in total. The first-order valence-electron chi connectivity index (χ1n) is 11.0. The highest BCUT2D eigenvalue weighted by atomic mass is 16.2. The number of hydrogen-bond acceptors (Lipinski definition) is 5. The van der Waals surface area contributed by atoms with E-state index in [2.05, 4.69) is 16.2 Å². The van der Waals surface area contributed by atoms with Crippen molar-refractivity contribution in [3.8, 4) is 17.3 Å². The Morgan fingerprint density at radius 1 is 1.18 bits per heavy atom. The van der Waals surface area contributed by atoms with Crippen molar-refractivity contribution in [1.82, 2.24) is 24.6 Å². The van der Waals surface area contributed by atoms with E-state index in [1.807, 2.05) is 67.9 Å². The zero-order valence-corrected chi connectivity index (χ0v) is 19.1. The third-order valence-corrected chi connectivity index (χ3v) is 5.51. The number of rotatable bonds is 7. The third-order valence-electron chi connectivity index (χ3n) is 5.51. The molecule has 0 fully saturated rings. The monoisotopic (exact) mass is 438 g/mol. The highest BCUT2D eigenvalue weighted by Gasteiger charge is 2.23. The van der Waals surface area contributed by atoms with E-state index in [-0.39, 0.29) is 18.4 Å². The Balaban J connectivity index is 1.83. The molecule has 0 N–H and O–H groups in total. The molecule has 0 aliphatic rings. The van der Waals surface area contributed by atoms with Crippen molar-refractivity contribution in [2.45, 2.75) is 39.8 Å². The molecule has 4 aromatic rings. The molecule has 1 aromatic carbocycles. The van der Waals surface area contributed by atoms with Crippen molar-refractivity contribution >= 4 is 16.9 Å². The number of carbonyl (C=O) groups is 1. The average molecular weight is 439 g/mol. The number of carbonyl (C=O) groups excluding carboxylic acids is 1. The van der Waals surface area contributed by atoms with Crippen LogP contribution in [0.3, 0.4) is 0 Å². The van der Waals surface area contributed by atoms with Crippen LogP contribution in [-0.2, 0) is 6.54 Å². The molecule has 0 radical (unpaired) electrons. The largest absolute Gasteiger partial charge is 0.333 e. The van der Waals surface area contributed by atoms with Gasteiger partial charge in [0.05, 0.1) is 35.3 Å². The molecule has 166 valence electrons. The number of fused-ring (bicyclic) bond motifs is 1. The van der Waals surface area contributed by atoms with Crippen molar-refractivity contribution in [2.75, 3.05) is 6.54 Å². The minimum absolute atomic E-state index is 0.0938. The van der Waals surface area contributed by atoms with E-state index in [9.17, 15) is 4.79 Å². The Bertz CT molecular complexity index is 1300. The number of hydrogen-bond donors (Lipinski definition) is 0. The van der Waals surface area contributed by atoms with Gasteiger partial charge < -0.3 is 4.90 Å². The third kappa shape index (κ3) is 4.75. The van der Waals surface area contributed by atoms with E-state index in [1.165, 1.54) is 0 Å². The predicted octanol–water partition coefficient (Wildman–Crippen LogP) is 4.94. The zero-order valence-electron chi connectivity index (χ0n) is 19.1. The SMILES string of the molecule is Cc1ccc(-c2cc(C(=O)N(CCC#N)Cc3cccnc3)c3cnn(C(C)C)c3n2)cc1. The molecular weight excluding hydrogens is 412 g/mol. The number of nitriles is 1. The molecule has 0 spiro atoms. The van der Waals surface area contributed by atoms with Gasteiger partial charge in [-0.2, -0.15) is 10.4 Å². The van der Waals surface area contributed by atoms with Crippen LogP contribution >= 0.6 is 0 Å². The Morgan fingerprint density at radius 3 is 2.64 bits per heavy atom. The van der Waals surface area contributed by atoms with Gasteiger partial charge in [-0.05, 0) is 38.5 Å². The van der Waals surface area contributed by atoms with Crippen LogP contribution in [0.1, 0.15) is 47.8 Å². The zero-order chi connectivity index (χ0) is 23.4. The maximum absolute atomic E-state index is 13.8. The second-order valence-corrected chi connectivity index (χ2v) is 8.34. The number of aromatic nitrogens is 4. The van der Waals surface area contributed by atoms with Crippen LogP contribution in [0.15, 0.2) is 61.1 Å². The summed E-state index contributed by atoms with van der Waals surface area (Å²) in [5.41, 5.74) is 4.92. The second-order valence-electron chi connectivity index (χ2n) is 8.34. The molecule has 0 saturated carbocycles. The summed E-state index contributed by atoms with van der Waals surface area (Å²) in [5.74, 6) is -0.154. The fourth-order valence-electron chi connectivity index (χ4n) is 3.76. The smallest absolute Gasteiger partial charge is 0.255 e. The van der Waals surface area contributed by atoms with Gasteiger partial charge in [0, 0.05) is 37.1 Å². The Morgan fingerprint density at radius 2 is 1.97 bits per heavy atom. The fourth-order valence-corrected chi connectivity index (χ4v) is 3.76. The summed E-state index contributed by atoms with van der Waals surface area (Å²) in [4.78, 5) is 24.5. The number of pyridine rings is 2. The second kappa shape index (κ2) is 9.61. The Hall–Kier alpha value is -4.05. The van der Waals surface area contributed by atoms with Gasteiger partial charge in [-0.25, -0.2) is 9.67 Å². The summed E-state index contributed by atoms with van der Waals surface area (Å²) in [6, 6.07) is 15.9. The van der Waals surface area contributed by atoms with Gasteiger partial charge >= 0.3 is 0 Å². The van der Waals surface area contributed by atoms with E-state index in [4.69, 9.17) is 10.2 Å². The van der Waals surface area contributed by atoms with Crippen LogP contribution < -0.4 is 0 Å². The molecule has 4 rings (SSSR count). The van der Waals surface area contributed by atoms with Crippen LogP contribution in [0.5, 0.6) is 0 Å². The predicted molar refractivity (Wildman–Crippen MR) is 127 cm³/mol. The average Bonchev–Trinajstić information content (AvgIpc) is 3.26. The number of nitrogens with zero attached hydrogens (tertiary/aromatic N) is 6. The summed E-state index contributed by atoms with van der Waals surface area (Å²) in [7, 11) is 0. The topological polar surface area (TPSA) is 87.7 Å². The van der Waals surface area contributed by atoms with Gasteiger partial charge in [-0.1, -0.05) is 35.9 Å². The van der Waals surface area contributed by atoms with Gasteiger partial charge in [0.25, 0.3) is 5.91 Å². The van der Waals surface area contributed by atoms with Crippen molar-refractivity contribution in [3.05, 3.63) is 77.7 Å². The summed E-state index contributed by atoms with van der Waals surface area (Å²) >= 11 is 0. The summed E-state index contributed by atoms with van der Waals surface area (Å²) in [6.07, 6.45) is 5.39. The first-order chi connectivity index (χ1) is 16.0. The normalized spacial score (nSPS) is 11.0. The summed E-state index contributed by atoms with van der Waals surface area (Å²) in [6.45, 7) is 6.81. The fraction of sp³-hybridized carbons (Fsp3) is 0.269. The van der Waals surface area contributed by atoms with Crippen molar-refractivity contribution in [1.29, 1.82) is 5.26 Å². The van der Waals surface area contributed by atoms with Gasteiger partial charge in [-0.3, -0.25) is 9.78 Å². The Labute approximate surface area is 193 Å². The first-order valence-corrected chi connectivity index (χ1v) is 11.0. The molecule has 0 aliphatic carbocycles. The van der Waals surface area contributed by atoms with E-state index in [0.29, 0.717) is 29.7 Å². The van der Waals surface area contributed by atoms with E-state index in [1.54, 1.807) is 23.5 Å². The van der Waals surface area contributed by atoms with Gasteiger partial charge in [0.1, 0.15) is 0 Å². The molecule has 1 amide bonds. The molecule has 0 aliphatic heterocycles. The number of amides is 1. The van der Waals surface area contributed by atoms with Crippen molar-refractivity contribution < 1.29 is 4.79 Å². The number of benzene rings is 1. The lowest BCUT2D eigenvalue weighted by Gasteiger charge is -2.22. The quantitative estimate of drug-likeness (QED) is 0.408. The molecule has 0 atom stereocenters. The van der Waals surface area contributed by atoms with Gasteiger partial charge in [0.2, 0.25) is 0 Å². The maximum Gasteiger partial charge on any atom is 0.255 e. The molecular formula is C26H26N6O. The first kappa shape index (κ1) is 22.2. The summed E-state index contributed by atoms with van der Waals surface area (Å²) < 4.78 is 1.84. The Kier molecular flexibility index (Phi) is 6.45. The molecule has 0 saturated heterocycles. The van der Waals surface area contributed by atoms with Crippen LogP contribution in [0, 0.1) is 18.3 Å².